The van der Waals surface area contributed by atoms with Crippen LogP contribution < -0.4 is 10.8 Å². The van der Waals surface area contributed by atoms with Crippen LogP contribution in [0.5, 0.6) is 0 Å². The fourth-order valence-electron chi connectivity index (χ4n) is 4.11. The summed E-state index contributed by atoms with van der Waals surface area (Å²) in [5.74, 6) is -0.812. The van der Waals surface area contributed by atoms with Crippen LogP contribution in [0.3, 0.4) is 0 Å². The molecule has 2 aromatic heterocycles. The Hall–Kier alpha value is -4.05. The predicted octanol–water partition coefficient (Wildman–Crippen LogP) is 3.97. The first-order valence-corrected chi connectivity index (χ1v) is 11.9. The Labute approximate surface area is 214 Å². The molecule has 2 amide bonds. The third-order valence-electron chi connectivity index (χ3n) is 5.94. The summed E-state index contributed by atoms with van der Waals surface area (Å²) >= 11 is 0. The van der Waals surface area contributed by atoms with Gasteiger partial charge in [-0.25, -0.2) is 5.48 Å². The molecule has 37 heavy (non-hydrogen) atoms. The number of carbonyl (C=O) groups is 2. The number of benzene rings is 2. The molecule has 2 unspecified atom stereocenters. The quantitative estimate of drug-likeness (QED) is 0.116. The van der Waals surface area contributed by atoms with Crippen LogP contribution in [0, 0.1) is 5.92 Å². The van der Waals surface area contributed by atoms with Crippen LogP contribution in [0.4, 0.5) is 0 Å². The lowest BCUT2D eigenvalue weighted by molar-refractivity contribution is -0.134. The molecule has 0 bridgehead atoms. The summed E-state index contributed by atoms with van der Waals surface area (Å²) in [5, 5.41) is 13.2. The summed E-state index contributed by atoms with van der Waals surface area (Å²) in [6, 6.07) is 21.7. The van der Waals surface area contributed by atoms with Gasteiger partial charge in [0, 0.05) is 47.9 Å². The molecule has 0 aliphatic heterocycles. The van der Waals surface area contributed by atoms with E-state index in [4.69, 9.17) is 13.9 Å². The fraction of sp³-hybridized carbons (Fsp3) is 0.250. The molecule has 0 radical (unpaired) electrons. The number of amides is 2. The normalized spacial score (nSPS) is 12.7. The summed E-state index contributed by atoms with van der Waals surface area (Å²) in [5.41, 5.74) is 4.51. The highest BCUT2D eigenvalue weighted by molar-refractivity contribution is 5.95. The van der Waals surface area contributed by atoms with Gasteiger partial charge in [-0.1, -0.05) is 36.4 Å². The minimum absolute atomic E-state index is 0.0374. The Morgan fingerprint density at radius 3 is 2.54 bits per heavy atom. The van der Waals surface area contributed by atoms with E-state index in [0.717, 1.165) is 16.5 Å². The summed E-state index contributed by atoms with van der Waals surface area (Å²) < 4.78 is 16.4. The Morgan fingerprint density at radius 2 is 1.84 bits per heavy atom. The number of pyridine rings is 1. The van der Waals surface area contributed by atoms with Crippen molar-refractivity contribution in [3.05, 3.63) is 90.3 Å². The number of para-hydroxylation sites is 1. The van der Waals surface area contributed by atoms with Gasteiger partial charge < -0.3 is 19.2 Å². The van der Waals surface area contributed by atoms with Crippen molar-refractivity contribution in [3.8, 4) is 11.3 Å². The largest absolute Gasteiger partial charge is 0.456 e. The van der Waals surface area contributed by atoms with E-state index in [1.165, 1.54) is 7.11 Å². The number of rotatable bonds is 12. The lowest BCUT2D eigenvalue weighted by atomic mass is 9.94. The average Bonchev–Trinajstić information content (AvgIpc) is 3.37. The van der Waals surface area contributed by atoms with Crippen LogP contribution in [0.15, 0.2) is 83.4 Å². The number of methoxy groups -OCH3 is 1. The van der Waals surface area contributed by atoms with Gasteiger partial charge in [-0.05, 0) is 42.8 Å². The minimum atomic E-state index is -0.646. The number of fused-ring (bicyclic) bond motifs is 1. The Bertz CT molecular complexity index is 1270. The van der Waals surface area contributed by atoms with E-state index in [1.807, 2.05) is 48.5 Å². The maximum atomic E-state index is 13.1. The highest BCUT2D eigenvalue weighted by Gasteiger charge is 2.25. The van der Waals surface area contributed by atoms with Crippen LogP contribution in [-0.2, 0) is 20.7 Å². The minimum Gasteiger partial charge on any atom is -0.456 e. The van der Waals surface area contributed by atoms with E-state index >= 15 is 0 Å². The number of hydroxylamine groups is 1. The molecule has 9 nitrogen and oxygen atoms in total. The zero-order chi connectivity index (χ0) is 26.0. The molecule has 0 aliphatic rings. The van der Waals surface area contributed by atoms with Gasteiger partial charge in [-0.3, -0.25) is 19.8 Å². The first-order valence-electron chi connectivity index (χ1n) is 11.9. The van der Waals surface area contributed by atoms with Crippen molar-refractivity contribution in [1.29, 1.82) is 0 Å². The zero-order valence-corrected chi connectivity index (χ0v) is 20.4. The second-order valence-electron chi connectivity index (χ2n) is 8.61. The van der Waals surface area contributed by atoms with Crippen LogP contribution in [0.2, 0.25) is 0 Å². The average molecular weight is 504 g/mol. The summed E-state index contributed by atoms with van der Waals surface area (Å²) in [6.45, 7) is 0.156. The van der Waals surface area contributed by atoms with Gasteiger partial charge >= 0.3 is 0 Å². The molecule has 0 spiro atoms. The molecule has 0 aliphatic carbocycles. The second-order valence-corrected chi connectivity index (χ2v) is 8.61. The van der Waals surface area contributed by atoms with Gasteiger partial charge in [0.1, 0.15) is 18.1 Å². The van der Waals surface area contributed by atoms with Crippen molar-refractivity contribution >= 4 is 22.8 Å². The SMILES string of the molecule is COCOCC(CC(Cc1ccccn1)C(=O)NO)NC(=O)c1ccc(-c2cc3ccccc3o2)cc1. The fourth-order valence-corrected chi connectivity index (χ4v) is 4.11. The van der Waals surface area contributed by atoms with Crippen LogP contribution in [0.1, 0.15) is 22.5 Å². The predicted molar refractivity (Wildman–Crippen MR) is 137 cm³/mol. The van der Waals surface area contributed by atoms with Gasteiger partial charge in [0.15, 0.2) is 0 Å². The maximum Gasteiger partial charge on any atom is 0.251 e. The molecular formula is C28H29N3O6. The third kappa shape index (κ3) is 7.01. The van der Waals surface area contributed by atoms with Crippen molar-refractivity contribution in [2.75, 3.05) is 20.5 Å². The first-order chi connectivity index (χ1) is 18.1. The number of nitrogens with zero attached hydrogens (tertiary/aromatic N) is 1. The van der Waals surface area contributed by atoms with E-state index in [-0.39, 0.29) is 32.1 Å². The van der Waals surface area contributed by atoms with Crippen molar-refractivity contribution in [2.24, 2.45) is 5.92 Å². The van der Waals surface area contributed by atoms with Gasteiger partial charge in [-0.15, -0.1) is 0 Å². The van der Waals surface area contributed by atoms with Crippen molar-refractivity contribution in [2.45, 2.75) is 18.9 Å². The second kappa shape index (κ2) is 12.8. The highest BCUT2D eigenvalue weighted by atomic mass is 16.7. The Balaban J connectivity index is 1.46. The number of carbonyl (C=O) groups excluding carboxylic acids is 2. The summed E-state index contributed by atoms with van der Waals surface area (Å²) in [7, 11) is 1.50. The maximum absolute atomic E-state index is 13.1. The van der Waals surface area contributed by atoms with Gasteiger partial charge in [-0.2, -0.15) is 0 Å². The van der Waals surface area contributed by atoms with Crippen molar-refractivity contribution < 1.29 is 28.7 Å². The highest BCUT2D eigenvalue weighted by Crippen LogP contribution is 2.28. The number of furan rings is 1. The molecule has 4 rings (SSSR count). The van der Waals surface area contributed by atoms with E-state index < -0.39 is 17.9 Å². The zero-order valence-electron chi connectivity index (χ0n) is 20.4. The van der Waals surface area contributed by atoms with Crippen molar-refractivity contribution in [1.82, 2.24) is 15.8 Å². The van der Waals surface area contributed by atoms with Gasteiger partial charge in [0.05, 0.1) is 12.6 Å². The van der Waals surface area contributed by atoms with Gasteiger partial charge in [0.2, 0.25) is 5.91 Å². The van der Waals surface area contributed by atoms with E-state index in [9.17, 15) is 14.8 Å². The molecule has 2 heterocycles. The van der Waals surface area contributed by atoms with E-state index in [0.29, 0.717) is 17.0 Å². The molecule has 9 heteroatoms. The smallest absolute Gasteiger partial charge is 0.251 e. The first kappa shape index (κ1) is 26.0. The van der Waals surface area contributed by atoms with Crippen LogP contribution in [0.25, 0.3) is 22.3 Å². The lowest BCUT2D eigenvalue weighted by Gasteiger charge is -2.23. The number of hydrogen-bond acceptors (Lipinski definition) is 7. The molecule has 192 valence electrons. The Morgan fingerprint density at radius 1 is 1.05 bits per heavy atom. The third-order valence-corrected chi connectivity index (χ3v) is 5.94. The topological polar surface area (TPSA) is 123 Å². The number of hydrogen-bond donors (Lipinski definition) is 3. The monoisotopic (exact) mass is 503 g/mol. The molecular weight excluding hydrogens is 474 g/mol. The number of ether oxygens (including phenoxy) is 2. The molecule has 0 saturated carbocycles. The van der Waals surface area contributed by atoms with Crippen molar-refractivity contribution in [3.63, 3.8) is 0 Å². The van der Waals surface area contributed by atoms with Gasteiger partial charge in [0.25, 0.3) is 5.91 Å². The standard InChI is InChI=1S/C28H29N3O6/c1-35-18-36-17-24(15-22(28(33)31-34)14-23-7-4-5-13-29-23)30-27(32)20-11-9-19(10-12-20)26-16-21-6-2-3-8-25(21)37-26/h2-13,16,22,24,34H,14-15,17-18H2,1H3,(H,30,32)(H,31,33). The number of nitrogens with one attached hydrogen (secondary N) is 2. The molecule has 2 atom stereocenters. The molecule has 0 fully saturated rings. The Kier molecular flexibility index (Phi) is 8.98. The van der Waals surface area contributed by atoms with E-state index in [2.05, 4.69) is 10.3 Å². The summed E-state index contributed by atoms with van der Waals surface area (Å²) in [6.07, 6.45) is 2.14. The molecule has 4 aromatic rings. The van der Waals surface area contributed by atoms with E-state index in [1.54, 1.807) is 35.9 Å². The molecule has 3 N–H and O–H groups in total. The molecule has 2 aromatic carbocycles. The van der Waals surface area contributed by atoms with Crippen LogP contribution >= 0.6 is 0 Å². The number of aromatic nitrogens is 1. The lowest BCUT2D eigenvalue weighted by Crippen LogP contribution is -2.42. The summed E-state index contributed by atoms with van der Waals surface area (Å²) in [4.78, 5) is 29.7. The van der Waals surface area contributed by atoms with Crippen LogP contribution in [-0.4, -0.2) is 48.6 Å². The molecule has 0 saturated heterocycles.